The van der Waals surface area contributed by atoms with Gasteiger partial charge >= 0.3 is 0 Å². The highest BCUT2D eigenvalue weighted by Gasteiger charge is 2.10. The van der Waals surface area contributed by atoms with Crippen molar-refractivity contribution in [1.29, 1.82) is 5.26 Å². The van der Waals surface area contributed by atoms with Gasteiger partial charge in [0, 0.05) is 25.0 Å². The molecule has 0 unspecified atom stereocenters. The van der Waals surface area contributed by atoms with Crippen molar-refractivity contribution in [1.82, 2.24) is 0 Å². The Balaban J connectivity index is 3.07. The molecule has 0 saturated carbocycles. The average Bonchev–Trinajstić information content (AvgIpc) is 2.37. The first-order chi connectivity index (χ1) is 8.92. The lowest BCUT2D eigenvalue weighted by atomic mass is 10.2. The van der Waals surface area contributed by atoms with E-state index in [9.17, 15) is 8.42 Å². The molecule has 0 amide bonds. The van der Waals surface area contributed by atoms with Gasteiger partial charge in [-0.15, -0.1) is 0 Å². The highest BCUT2D eigenvalue weighted by Crippen LogP contribution is 2.17. The van der Waals surface area contributed by atoms with E-state index in [1.54, 1.807) is 6.07 Å². The monoisotopic (exact) mass is 278 g/mol. The molecule has 5 heteroatoms. The Kier molecular flexibility index (Phi) is 5.13. The number of allylic oxidation sites excluding steroid dienone is 1. The van der Waals surface area contributed by atoms with Crippen LogP contribution in [-0.4, -0.2) is 27.8 Å². The van der Waals surface area contributed by atoms with E-state index >= 15 is 0 Å². The number of nitrogens with zero attached hydrogens (tertiary/aromatic N) is 2. The van der Waals surface area contributed by atoms with Gasteiger partial charge in [-0.1, -0.05) is 12.1 Å². The van der Waals surface area contributed by atoms with Crippen molar-refractivity contribution >= 4 is 21.6 Å². The van der Waals surface area contributed by atoms with E-state index in [1.165, 1.54) is 6.08 Å². The Morgan fingerprint density at radius 1 is 1.26 bits per heavy atom. The summed E-state index contributed by atoms with van der Waals surface area (Å²) >= 11 is 0. The van der Waals surface area contributed by atoms with Crippen LogP contribution in [0.1, 0.15) is 19.4 Å². The van der Waals surface area contributed by atoms with E-state index in [0.29, 0.717) is 5.56 Å². The molecule has 0 atom stereocenters. The second-order valence-electron chi connectivity index (χ2n) is 4.16. The number of hydrogen-bond donors (Lipinski definition) is 0. The first-order valence-corrected chi connectivity index (χ1v) is 7.98. The van der Waals surface area contributed by atoms with Crippen LogP contribution in [0.3, 0.4) is 0 Å². The average molecular weight is 278 g/mol. The second kappa shape index (κ2) is 6.39. The molecule has 102 valence electrons. The number of rotatable bonds is 5. The molecule has 0 aromatic heterocycles. The lowest BCUT2D eigenvalue weighted by molar-refractivity contribution is 0.609. The van der Waals surface area contributed by atoms with Crippen molar-refractivity contribution in [3.8, 4) is 6.07 Å². The number of anilines is 1. The zero-order chi connectivity index (χ0) is 14.5. The molecule has 0 fully saturated rings. The maximum absolute atomic E-state index is 11.3. The lowest BCUT2D eigenvalue weighted by Gasteiger charge is -2.20. The molecule has 0 radical (unpaired) electrons. The molecule has 0 N–H and O–H groups in total. The first-order valence-electron chi connectivity index (χ1n) is 6.09. The Morgan fingerprint density at radius 2 is 1.79 bits per heavy atom. The van der Waals surface area contributed by atoms with E-state index in [2.05, 4.69) is 18.7 Å². The van der Waals surface area contributed by atoms with E-state index in [4.69, 9.17) is 5.26 Å². The summed E-state index contributed by atoms with van der Waals surface area (Å²) in [4.78, 5) is 1.97. The fourth-order valence-corrected chi connectivity index (χ4v) is 2.26. The third kappa shape index (κ3) is 4.11. The minimum atomic E-state index is -3.46. The Morgan fingerprint density at radius 3 is 2.16 bits per heavy atom. The van der Waals surface area contributed by atoms with Crippen LogP contribution in [0, 0.1) is 11.3 Å². The zero-order valence-electron chi connectivity index (χ0n) is 11.4. The van der Waals surface area contributed by atoms with Crippen molar-refractivity contribution in [2.45, 2.75) is 13.8 Å². The normalized spacial score (nSPS) is 12.0. The molecular weight excluding hydrogens is 260 g/mol. The van der Waals surface area contributed by atoms with Crippen LogP contribution in [0.5, 0.6) is 0 Å². The summed E-state index contributed by atoms with van der Waals surface area (Å²) in [5, 5.41) is 8.84. The first kappa shape index (κ1) is 15.3. The Labute approximate surface area is 114 Å². The molecule has 0 aliphatic carbocycles. The minimum Gasteiger partial charge on any atom is -0.372 e. The number of nitriles is 1. The van der Waals surface area contributed by atoms with Gasteiger partial charge in [-0.05, 0) is 37.6 Å². The van der Waals surface area contributed by atoms with E-state index in [1.807, 2.05) is 24.3 Å². The predicted octanol–water partition coefficient (Wildman–Crippen LogP) is 2.44. The van der Waals surface area contributed by atoms with Crippen molar-refractivity contribution in [3.05, 3.63) is 34.7 Å². The fraction of sp³-hybridized carbons (Fsp3) is 0.357. The van der Waals surface area contributed by atoms with Crippen LogP contribution in [0.4, 0.5) is 5.69 Å². The van der Waals surface area contributed by atoms with E-state index < -0.39 is 9.84 Å². The molecular formula is C14H18N2O2S. The largest absolute Gasteiger partial charge is 0.372 e. The highest BCUT2D eigenvalue weighted by molar-refractivity contribution is 7.95. The quantitative estimate of drug-likeness (QED) is 0.776. The molecule has 0 saturated heterocycles. The molecule has 1 aromatic rings. The van der Waals surface area contributed by atoms with Crippen molar-refractivity contribution < 1.29 is 8.42 Å². The molecule has 0 aliphatic heterocycles. The summed E-state index contributed by atoms with van der Waals surface area (Å²) in [6, 6.07) is 9.20. The standard InChI is InChI=1S/C14H18N2O2S/c1-4-16(5-2)13-8-6-12(7-9-13)10-14(11-15)19(3,17)18/h6-10H,4-5H2,1-3H3/b14-10+. The van der Waals surface area contributed by atoms with Crippen molar-refractivity contribution in [2.75, 3.05) is 24.2 Å². The van der Waals surface area contributed by atoms with Gasteiger partial charge in [0.15, 0.2) is 9.84 Å². The maximum Gasteiger partial charge on any atom is 0.185 e. The number of sulfone groups is 1. The summed E-state index contributed by atoms with van der Waals surface area (Å²) in [6.45, 7) is 5.99. The third-order valence-electron chi connectivity index (χ3n) is 2.83. The number of benzene rings is 1. The molecule has 4 nitrogen and oxygen atoms in total. The van der Waals surface area contributed by atoms with Crippen LogP contribution in [0.15, 0.2) is 29.2 Å². The van der Waals surface area contributed by atoms with Gasteiger partial charge < -0.3 is 4.90 Å². The molecule has 0 spiro atoms. The summed E-state index contributed by atoms with van der Waals surface area (Å²) in [6.07, 6.45) is 2.42. The topological polar surface area (TPSA) is 61.2 Å². The predicted molar refractivity (Wildman–Crippen MR) is 78.4 cm³/mol. The fourth-order valence-electron chi connectivity index (χ4n) is 1.74. The summed E-state index contributed by atoms with van der Waals surface area (Å²) < 4.78 is 22.7. The summed E-state index contributed by atoms with van der Waals surface area (Å²) in [7, 11) is -3.46. The maximum atomic E-state index is 11.3. The summed E-state index contributed by atoms with van der Waals surface area (Å²) in [5.74, 6) is 0. The zero-order valence-corrected chi connectivity index (χ0v) is 12.2. The van der Waals surface area contributed by atoms with Crippen LogP contribution in [-0.2, 0) is 9.84 Å². The van der Waals surface area contributed by atoms with Gasteiger partial charge in [0.25, 0.3) is 0 Å². The van der Waals surface area contributed by atoms with Gasteiger partial charge in [0.2, 0.25) is 0 Å². The third-order valence-corrected chi connectivity index (χ3v) is 3.84. The van der Waals surface area contributed by atoms with Crippen LogP contribution in [0.2, 0.25) is 0 Å². The van der Waals surface area contributed by atoms with Crippen LogP contribution < -0.4 is 4.90 Å². The van der Waals surface area contributed by atoms with E-state index in [0.717, 1.165) is 25.0 Å². The SMILES string of the molecule is CCN(CC)c1ccc(/C=C(\C#N)S(C)(=O)=O)cc1. The Hall–Kier alpha value is -1.80. The molecule has 0 bridgehead atoms. The number of hydrogen-bond acceptors (Lipinski definition) is 4. The lowest BCUT2D eigenvalue weighted by Crippen LogP contribution is -2.21. The molecule has 1 rings (SSSR count). The van der Waals surface area contributed by atoms with Gasteiger partial charge in [-0.2, -0.15) is 5.26 Å². The second-order valence-corrected chi connectivity index (χ2v) is 6.14. The van der Waals surface area contributed by atoms with Gasteiger partial charge in [0.05, 0.1) is 0 Å². The van der Waals surface area contributed by atoms with Crippen LogP contribution >= 0.6 is 0 Å². The van der Waals surface area contributed by atoms with Gasteiger partial charge in [0.1, 0.15) is 11.0 Å². The van der Waals surface area contributed by atoms with Crippen molar-refractivity contribution in [3.63, 3.8) is 0 Å². The Bertz CT molecular complexity index is 591. The molecule has 1 aromatic carbocycles. The molecule has 19 heavy (non-hydrogen) atoms. The van der Waals surface area contributed by atoms with Gasteiger partial charge in [-0.3, -0.25) is 0 Å². The minimum absolute atomic E-state index is 0.219. The highest BCUT2D eigenvalue weighted by atomic mass is 32.2. The molecule has 0 heterocycles. The van der Waals surface area contributed by atoms with Crippen molar-refractivity contribution in [2.24, 2.45) is 0 Å². The molecule has 0 aliphatic rings. The smallest absolute Gasteiger partial charge is 0.185 e. The van der Waals surface area contributed by atoms with Crippen LogP contribution in [0.25, 0.3) is 6.08 Å². The summed E-state index contributed by atoms with van der Waals surface area (Å²) in [5.41, 5.74) is 1.79. The van der Waals surface area contributed by atoms with E-state index in [-0.39, 0.29) is 4.91 Å². The van der Waals surface area contributed by atoms with Gasteiger partial charge in [-0.25, -0.2) is 8.42 Å².